The molecule has 1 aromatic heterocycles. The van der Waals surface area contributed by atoms with Crippen LogP contribution in [0.5, 0.6) is 0 Å². The summed E-state index contributed by atoms with van der Waals surface area (Å²) in [6, 6.07) is 5.08. The molecule has 15 heavy (non-hydrogen) atoms. The number of aromatic nitrogens is 1. The third-order valence-corrected chi connectivity index (χ3v) is 2.26. The van der Waals surface area contributed by atoms with Gasteiger partial charge in [-0.05, 0) is 12.1 Å². The molecule has 2 rings (SSSR count). The number of carbonyl (C=O) groups is 1. The van der Waals surface area contributed by atoms with E-state index in [2.05, 4.69) is 4.98 Å². The highest BCUT2D eigenvalue weighted by atomic mass is 16.3. The molecule has 1 saturated heterocycles. The molecule has 76 valence electrons. The Balaban J connectivity index is 2.30. The van der Waals surface area contributed by atoms with Gasteiger partial charge in [0, 0.05) is 6.20 Å². The SMILES string of the molecule is N#Cc1ccnc(N2CC(O)CC2=O)c1. The summed E-state index contributed by atoms with van der Waals surface area (Å²) < 4.78 is 0. The molecule has 0 aliphatic carbocycles. The second-order valence-corrected chi connectivity index (χ2v) is 3.38. The average molecular weight is 203 g/mol. The Kier molecular flexibility index (Phi) is 2.35. The fraction of sp³-hybridized carbons (Fsp3) is 0.300. The van der Waals surface area contributed by atoms with Gasteiger partial charge in [0.1, 0.15) is 5.82 Å². The summed E-state index contributed by atoms with van der Waals surface area (Å²) in [5.41, 5.74) is 0.453. The van der Waals surface area contributed by atoms with Crippen molar-refractivity contribution in [3.63, 3.8) is 0 Å². The molecule has 1 atom stereocenters. The molecule has 1 aliphatic rings. The van der Waals surface area contributed by atoms with E-state index in [1.807, 2.05) is 6.07 Å². The van der Waals surface area contributed by atoms with Crippen LogP contribution in [0.1, 0.15) is 12.0 Å². The summed E-state index contributed by atoms with van der Waals surface area (Å²) in [7, 11) is 0. The van der Waals surface area contributed by atoms with Crippen LogP contribution < -0.4 is 4.90 Å². The van der Waals surface area contributed by atoms with Crippen molar-refractivity contribution >= 4 is 11.7 Å². The second kappa shape index (κ2) is 3.67. The van der Waals surface area contributed by atoms with Gasteiger partial charge in [-0.1, -0.05) is 0 Å². The van der Waals surface area contributed by atoms with Crippen molar-refractivity contribution in [3.8, 4) is 6.07 Å². The number of amides is 1. The van der Waals surface area contributed by atoms with E-state index in [1.54, 1.807) is 6.07 Å². The molecule has 1 aliphatic heterocycles. The zero-order valence-electron chi connectivity index (χ0n) is 7.92. The van der Waals surface area contributed by atoms with Crippen LogP contribution in [-0.2, 0) is 4.79 Å². The van der Waals surface area contributed by atoms with Crippen LogP contribution in [0.25, 0.3) is 0 Å². The molecular weight excluding hydrogens is 194 g/mol. The van der Waals surface area contributed by atoms with E-state index in [1.165, 1.54) is 17.2 Å². The van der Waals surface area contributed by atoms with Gasteiger partial charge in [0.25, 0.3) is 0 Å². The normalized spacial score (nSPS) is 20.4. The fourth-order valence-electron chi connectivity index (χ4n) is 1.55. The van der Waals surface area contributed by atoms with Crippen LogP contribution in [-0.4, -0.2) is 28.6 Å². The summed E-state index contributed by atoms with van der Waals surface area (Å²) in [4.78, 5) is 16.8. The Morgan fingerprint density at radius 3 is 3.07 bits per heavy atom. The highest BCUT2D eigenvalue weighted by Gasteiger charge is 2.29. The molecule has 1 fully saturated rings. The Bertz CT molecular complexity index is 439. The molecule has 1 unspecified atom stereocenters. The number of β-amino-alcohol motifs (C(OH)–C–C–N with tert-alkyl or cyclic N) is 1. The van der Waals surface area contributed by atoms with E-state index in [0.717, 1.165) is 0 Å². The number of pyridine rings is 1. The molecule has 5 heteroatoms. The number of carbonyl (C=O) groups excluding carboxylic acids is 1. The number of nitriles is 1. The van der Waals surface area contributed by atoms with Gasteiger partial charge in [-0.25, -0.2) is 4.98 Å². The monoisotopic (exact) mass is 203 g/mol. The third-order valence-electron chi connectivity index (χ3n) is 2.26. The highest BCUT2D eigenvalue weighted by Crippen LogP contribution is 2.19. The van der Waals surface area contributed by atoms with E-state index in [-0.39, 0.29) is 18.9 Å². The van der Waals surface area contributed by atoms with E-state index >= 15 is 0 Å². The summed E-state index contributed by atoms with van der Waals surface area (Å²) in [5.74, 6) is 0.265. The number of aliphatic hydroxyl groups is 1. The Labute approximate surface area is 86.6 Å². The molecule has 0 saturated carbocycles. The fourth-order valence-corrected chi connectivity index (χ4v) is 1.55. The summed E-state index contributed by atoms with van der Waals surface area (Å²) in [6.07, 6.45) is 0.967. The molecule has 1 amide bonds. The quantitative estimate of drug-likeness (QED) is 0.699. The first-order chi connectivity index (χ1) is 7.20. The minimum absolute atomic E-state index is 0.123. The maximum absolute atomic E-state index is 11.4. The van der Waals surface area contributed by atoms with Crippen LogP contribution in [0.3, 0.4) is 0 Å². The van der Waals surface area contributed by atoms with Crippen molar-refractivity contribution in [3.05, 3.63) is 23.9 Å². The molecule has 5 nitrogen and oxygen atoms in total. The molecule has 0 aromatic carbocycles. The number of nitrogens with zero attached hydrogens (tertiary/aromatic N) is 3. The van der Waals surface area contributed by atoms with Gasteiger partial charge in [-0.15, -0.1) is 0 Å². The lowest BCUT2D eigenvalue weighted by molar-refractivity contribution is -0.117. The number of rotatable bonds is 1. The van der Waals surface area contributed by atoms with Crippen molar-refractivity contribution in [2.75, 3.05) is 11.4 Å². The number of aliphatic hydroxyl groups excluding tert-OH is 1. The summed E-state index contributed by atoms with van der Waals surface area (Å²) in [6.45, 7) is 0.251. The summed E-state index contributed by atoms with van der Waals surface area (Å²) in [5, 5.41) is 18.0. The number of anilines is 1. The first-order valence-corrected chi connectivity index (χ1v) is 4.55. The van der Waals surface area contributed by atoms with Crippen molar-refractivity contribution in [1.82, 2.24) is 4.98 Å². The van der Waals surface area contributed by atoms with Gasteiger partial charge in [0.05, 0.1) is 30.7 Å². The third kappa shape index (κ3) is 1.80. The van der Waals surface area contributed by atoms with E-state index in [9.17, 15) is 9.90 Å². The first kappa shape index (κ1) is 9.62. The van der Waals surface area contributed by atoms with Gasteiger partial charge in [-0.2, -0.15) is 5.26 Å². The van der Waals surface area contributed by atoms with Gasteiger partial charge in [0.2, 0.25) is 5.91 Å². The topological polar surface area (TPSA) is 77.2 Å². The van der Waals surface area contributed by atoms with Crippen LogP contribution in [0, 0.1) is 11.3 Å². The molecule has 2 heterocycles. The lowest BCUT2D eigenvalue weighted by atomic mass is 10.3. The number of hydrogen-bond donors (Lipinski definition) is 1. The number of hydrogen-bond acceptors (Lipinski definition) is 4. The lowest BCUT2D eigenvalue weighted by Crippen LogP contribution is -2.26. The molecule has 0 radical (unpaired) electrons. The standard InChI is InChI=1S/C10H9N3O2/c11-5-7-1-2-12-9(3-7)13-6-8(14)4-10(13)15/h1-3,8,14H,4,6H2. The minimum atomic E-state index is -0.634. The average Bonchev–Trinajstić information content (AvgIpc) is 2.58. The van der Waals surface area contributed by atoms with Crippen molar-refractivity contribution < 1.29 is 9.90 Å². The minimum Gasteiger partial charge on any atom is -0.391 e. The molecule has 1 N–H and O–H groups in total. The van der Waals surface area contributed by atoms with E-state index < -0.39 is 6.10 Å². The van der Waals surface area contributed by atoms with Crippen molar-refractivity contribution in [2.45, 2.75) is 12.5 Å². The predicted molar refractivity (Wildman–Crippen MR) is 51.9 cm³/mol. The van der Waals surface area contributed by atoms with E-state index in [0.29, 0.717) is 11.4 Å². The molecule has 0 bridgehead atoms. The maximum atomic E-state index is 11.4. The van der Waals surface area contributed by atoms with Crippen LogP contribution >= 0.6 is 0 Å². The zero-order valence-corrected chi connectivity index (χ0v) is 7.92. The second-order valence-electron chi connectivity index (χ2n) is 3.38. The van der Waals surface area contributed by atoms with Crippen molar-refractivity contribution in [1.29, 1.82) is 5.26 Å². The van der Waals surface area contributed by atoms with Crippen LogP contribution in [0.15, 0.2) is 18.3 Å². The largest absolute Gasteiger partial charge is 0.391 e. The summed E-state index contributed by atoms with van der Waals surface area (Å²) >= 11 is 0. The maximum Gasteiger partial charge on any atom is 0.230 e. The zero-order chi connectivity index (χ0) is 10.8. The van der Waals surface area contributed by atoms with Gasteiger partial charge < -0.3 is 5.11 Å². The van der Waals surface area contributed by atoms with Crippen LogP contribution in [0.4, 0.5) is 5.82 Å². The highest BCUT2D eigenvalue weighted by molar-refractivity contribution is 5.95. The Hall–Kier alpha value is -1.93. The van der Waals surface area contributed by atoms with Gasteiger partial charge >= 0.3 is 0 Å². The Morgan fingerprint density at radius 2 is 2.47 bits per heavy atom. The van der Waals surface area contributed by atoms with Crippen LogP contribution in [0.2, 0.25) is 0 Å². The lowest BCUT2D eigenvalue weighted by Gasteiger charge is -2.14. The molecule has 1 aromatic rings. The molecular formula is C10H9N3O2. The van der Waals surface area contributed by atoms with Gasteiger partial charge in [0.15, 0.2) is 0 Å². The predicted octanol–water partition coefficient (Wildman–Crippen LogP) is 0.0509. The van der Waals surface area contributed by atoms with Gasteiger partial charge in [-0.3, -0.25) is 9.69 Å². The first-order valence-electron chi connectivity index (χ1n) is 4.55. The Morgan fingerprint density at radius 1 is 1.67 bits per heavy atom. The molecule has 0 spiro atoms. The van der Waals surface area contributed by atoms with Crippen molar-refractivity contribution in [2.24, 2.45) is 0 Å². The van der Waals surface area contributed by atoms with E-state index in [4.69, 9.17) is 5.26 Å². The smallest absolute Gasteiger partial charge is 0.230 e.